The van der Waals surface area contributed by atoms with Crippen molar-refractivity contribution in [2.75, 3.05) is 7.11 Å². The molecular formula is C15H18N2O3. The van der Waals surface area contributed by atoms with Crippen LogP contribution >= 0.6 is 0 Å². The lowest BCUT2D eigenvalue weighted by Crippen LogP contribution is -2.41. The summed E-state index contributed by atoms with van der Waals surface area (Å²) in [7, 11) is 1.60. The van der Waals surface area contributed by atoms with E-state index in [1.807, 2.05) is 24.3 Å². The molecule has 20 heavy (non-hydrogen) atoms. The summed E-state index contributed by atoms with van der Waals surface area (Å²) in [6, 6.07) is 9.95. The molecule has 5 nitrogen and oxygen atoms in total. The second-order valence-electron chi connectivity index (χ2n) is 5.15. The fourth-order valence-corrected chi connectivity index (χ4v) is 2.82. The minimum absolute atomic E-state index is 0.0559. The minimum atomic E-state index is -0.999. The number of methoxy groups -OCH3 is 1. The largest absolute Gasteiger partial charge is 0.497 e. The molecule has 0 saturated heterocycles. The minimum Gasteiger partial charge on any atom is -0.497 e. The number of amides is 1. The number of nitriles is 1. The standard InChI is InChI=1S/C15H18N2O3/c1-20-13-4-2-3-11(9-13)15(10-16)7-5-12(6-8-15)17-14(18)19/h2-4,9,12,17H,5-8H2,1H3,(H,18,19)/t12-,15-. The molecule has 2 rings (SSSR count). The number of ether oxygens (including phenoxy) is 1. The second kappa shape index (κ2) is 5.83. The Balaban J connectivity index is 2.16. The summed E-state index contributed by atoms with van der Waals surface area (Å²) in [4.78, 5) is 10.7. The highest BCUT2D eigenvalue weighted by Gasteiger charge is 2.37. The first-order chi connectivity index (χ1) is 9.59. The number of hydrogen-bond donors (Lipinski definition) is 2. The Morgan fingerprint density at radius 2 is 2.20 bits per heavy atom. The molecule has 1 amide bonds. The van der Waals surface area contributed by atoms with Crippen molar-refractivity contribution in [1.29, 1.82) is 5.26 Å². The van der Waals surface area contributed by atoms with Gasteiger partial charge in [-0.3, -0.25) is 0 Å². The normalized spacial score (nSPS) is 25.5. The van der Waals surface area contributed by atoms with Gasteiger partial charge < -0.3 is 15.2 Å². The van der Waals surface area contributed by atoms with Crippen molar-refractivity contribution in [2.45, 2.75) is 37.1 Å². The zero-order valence-corrected chi connectivity index (χ0v) is 11.4. The molecule has 1 saturated carbocycles. The van der Waals surface area contributed by atoms with Crippen LogP contribution in [0.3, 0.4) is 0 Å². The van der Waals surface area contributed by atoms with Gasteiger partial charge in [-0.15, -0.1) is 0 Å². The van der Waals surface area contributed by atoms with Crippen LogP contribution in [-0.4, -0.2) is 24.4 Å². The molecule has 1 aliphatic carbocycles. The van der Waals surface area contributed by atoms with E-state index < -0.39 is 11.5 Å². The number of nitrogens with zero attached hydrogens (tertiary/aromatic N) is 1. The van der Waals surface area contributed by atoms with Gasteiger partial charge in [-0.1, -0.05) is 12.1 Å². The van der Waals surface area contributed by atoms with E-state index in [0.29, 0.717) is 25.7 Å². The van der Waals surface area contributed by atoms with Crippen LogP contribution in [0.2, 0.25) is 0 Å². The van der Waals surface area contributed by atoms with Gasteiger partial charge in [0.25, 0.3) is 0 Å². The Hall–Kier alpha value is -2.22. The molecular weight excluding hydrogens is 256 g/mol. The topological polar surface area (TPSA) is 82.3 Å². The average molecular weight is 274 g/mol. The van der Waals surface area contributed by atoms with Crippen LogP contribution in [0.5, 0.6) is 5.75 Å². The molecule has 1 aromatic rings. The summed E-state index contributed by atoms with van der Waals surface area (Å²) >= 11 is 0. The average Bonchev–Trinajstić information content (AvgIpc) is 2.48. The summed E-state index contributed by atoms with van der Waals surface area (Å²) in [5.74, 6) is 0.739. The SMILES string of the molecule is COc1cccc([C@]2(C#N)CC[C@@H](NC(=O)O)CC2)c1. The van der Waals surface area contributed by atoms with Crippen molar-refractivity contribution in [3.63, 3.8) is 0 Å². The number of hydrogen-bond acceptors (Lipinski definition) is 3. The van der Waals surface area contributed by atoms with Crippen LogP contribution in [0.4, 0.5) is 4.79 Å². The van der Waals surface area contributed by atoms with E-state index in [9.17, 15) is 10.1 Å². The maximum absolute atomic E-state index is 10.7. The van der Waals surface area contributed by atoms with Gasteiger partial charge in [0.2, 0.25) is 0 Å². The van der Waals surface area contributed by atoms with Crippen LogP contribution in [0.25, 0.3) is 0 Å². The van der Waals surface area contributed by atoms with E-state index in [1.165, 1.54) is 0 Å². The molecule has 0 unspecified atom stereocenters. The third-order valence-electron chi connectivity index (χ3n) is 4.00. The van der Waals surface area contributed by atoms with E-state index in [2.05, 4.69) is 11.4 Å². The molecule has 0 aromatic heterocycles. The van der Waals surface area contributed by atoms with Gasteiger partial charge in [-0.2, -0.15) is 5.26 Å². The summed E-state index contributed by atoms with van der Waals surface area (Å²) in [6.07, 6.45) is 1.66. The number of rotatable bonds is 3. The predicted molar refractivity (Wildman–Crippen MR) is 73.7 cm³/mol. The Kier molecular flexibility index (Phi) is 4.14. The first-order valence-electron chi connectivity index (χ1n) is 6.65. The molecule has 0 bridgehead atoms. The molecule has 0 radical (unpaired) electrons. The molecule has 1 aliphatic rings. The second-order valence-corrected chi connectivity index (χ2v) is 5.15. The lowest BCUT2D eigenvalue weighted by Gasteiger charge is -2.35. The van der Waals surface area contributed by atoms with Crippen molar-refractivity contribution in [2.24, 2.45) is 0 Å². The first-order valence-corrected chi connectivity index (χ1v) is 6.65. The lowest BCUT2D eigenvalue weighted by atomic mass is 9.69. The fourth-order valence-electron chi connectivity index (χ4n) is 2.82. The summed E-state index contributed by atoms with van der Waals surface area (Å²) in [5.41, 5.74) is 0.415. The van der Waals surface area contributed by atoms with E-state index in [1.54, 1.807) is 7.11 Å². The number of carboxylic acid groups (broad SMARTS) is 1. The summed E-state index contributed by atoms with van der Waals surface area (Å²) < 4.78 is 5.21. The molecule has 0 atom stereocenters. The third-order valence-corrected chi connectivity index (χ3v) is 4.00. The Bertz CT molecular complexity index is 528. The number of nitrogens with one attached hydrogen (secondary N) is 1. The molecule has 0 aliphatic heterocycles. The van der Waals surface area contributed by atoms with Gasteiger partial charge in [0, 0.05) is 6.04 Å². The summed E-state index contributed by atoms with van der Waals surface area (Å²) in [5, 5.41) is 20.8. The third kappa shape index (κ3) is 2.85. The lowest BCUT2D eigenvalue weighted by molar-refractivity contribution is 0.182. The number of carbonyl (C=O) groups is 1. The van der Waals surface area contributed by atoms with Gasteiger partial charge in [0.05, 0.1) is 18.6 Å². The molecule has 106 valence electrons. The summed E-state index contributed by atoms with van der Waals surface area (Å²) in [6.45, 7) is 0. The molecule has 1 fully saturated rings. The van der Waals surface area contributed by atoms with E-state index >= 15 is 0 Å². The van der Waals surface area contributed by atoms with Crippen molar-refractivity contribution < 1.29 is 14.6 Å². The van der Waals surface area contributed by atoms with Gasteiger partial charge >= 0.3 is 6.09 Å². The van der Waals surface area contributed by atoms with Crippen molar-refractivity contribution in [3.8, 4) is 11.8 Å². The highest BCUT2D eigenvalue weighted by Crippen LogP contribution is 2.40. The predicted octanol–water partition coefficient (Wildman–Crippen LogP) is 2.67. The monoisotopic (exact) mass is 274 g/mol. The zero-order chi connectivity index (χ0) is 14.6. The van der Waals surface area contributed by atoms with Crippen LogP contribution < -0.4 is 10.1 Å². The molecule has 0 heterocycles. The molecule has 2 N–H and O–H groups in total. The zero-order valence-electron chi connectivity index (χ0n) is 11.4. The maximum atomic E-state index is 10.7. The smallest absolute Gasteiger partial charge is 0.404 e. The number of benzene rings is 1. The molecule has 0 spiro atoms. The Morgan fingerprint density at radius 1 is 1.50 bits per heavy atom. The Labute approximate surface area is 118 Å². The van der Waals surface area contributed by atoms with Crippen molar-refractivity contribution in [1.82, 2.24) is 5.32 Å². The van der Waals surface area contributed by atoms with Gasteiger partial charge in [0.15, 0.2) is 0 Å². The molecule has 1 aromatic carbocycles. The highest BCUT2D eigenvalue weighted by molar-refractivity contribution is 5.64. The van der Waals surface area contributed by atoms with E-state index in [4.69, 9.17) is 9.84 Å². The maximum Gasteiger partial charge on any atom is 0.404 e. The van der Waals surface area contributed by atoms with Crippen LogP contribution in [0, 0.1) is 11.3 Å². The van der Waals surface area contributed by atoms with Crippen molar-refractivity contribution in [3.05, 3.63) is 29.8 Å². The van der Waals surface area contributed by atoms with Gasteiger partial charge in [-0.05, 0) is 43.4 Å². The van der Waals surface area contributed by atoms with E-state index in [-0.39, 0.29) is 6.04 Å². The van der Waals surface area contributed by atoms with E-state index in [0.717, 1.165) is 11.3 Å². The fraction of sp³-hybridized carbons (Fsp3) is 0.467. The molecule has 5 heteroatoms. The van der Waals surface area contributed by atoms with Crippen molar-refractivity contribution >= 4 is 6.09 Å². The van der Waals surface area contributed by atoms with Gasteiger partial charge in [0.1, 0.15) is 5.75 Å². The Morgan fingerprint density at radius 3 is 2.75 bits per heavy atom. The first kappa shape index (κ1) is 14.2. The van der Waals surface area contributed by atoms with Gasteiger partial charge in [-0.25, -0.2) is 4.79 Å². The van der Waals surface area contributed by atoms with Crippen LogP contribution in [0.1, 0.15) is 31.2 Å². The van der Waals surface area contributed by atoms with Crippen LogP contribution in [-0.2, 0) is 5.41 Å². The quantitative estimate of drug-likeness (QED) is 0.887. The highest BCUT2D eigenvalue weighted by atomic mass is 16.5. The van der Waals surface area contributed by atoms with Crippen LogP contribution in [0.15, 0.2) is 24.3 Å².